The quantitative estimate of drug-likeness (QED) is 0.582. The lowest BCUT2D eigenvalue weighted by molar-refractivity contribution is 0.102. The van der Waals surface area contributed by atoms with E-state index in [0.29, 0.717) is 33.5 Å². The molecule has 1 atom stereocenters. The molecule has 0 radical (unpaired) electrons. The molecule has 0 spiro atoms. The molecule has 1 aliphatic rings. The van der Waals surface area contributed by atoms with Crippen LogP contribution in [0.4, 0.5) is 10.7 Å². The number of carbonyl (C=O) groups excluding carboxylic acids is 2. The summed E-state index contributed by atoms with van der Waals surface area (Å²) >= 11 is 1.52. The standard InChI is InChI=1S/C24H24N2O3S/c1-15-11-12-19-20(13-15)30-24(26-22(27)16-7-4-3-5-8-16)21(19)23(28)25-17-9-6-10-18(14-17)29-2/h3-10,14-15H,11-13H2,1-2H3,(H,25,28)(H,26,27)/t15-/m0/s1. The second kappa shape index (κ2) is 8.71. The van der Waals surface area contributed by atoms with Crippen LogP contribution in [0.1, 0.15) is 44.5 Å². The summed E-state index contributed by atoms with van der Waals surface area (Å²) in [5, 5.41) is 6.57. The van der Waals surface area contributed by atoms with Crippen molar-refractivity contribution in [1.29, 1.82) is 0 Å². The highest BCUT2D eigenvalue weighted by molar-refractivity contribution is 7.17. The Bertz CT molecular complexity index is 1080. The van der Waals surface area contributed by atoms with Crippen LogP contribution in [0.5, 0.6) is 5.75 Å². The number of amides is 2. The molecule has 154 valence electrons. The monoisotopic (exact) mass is 420 g/mol. The Morgan fingerprint density at radius 3 is 2.60 bits per heavy atom. The largest absolute Gasteiger partial charge is 0.497 e. The molecule has 2 N–H and O–H groups in total. The predicted octanol–water partition coefficient (Wildman–Crippen LogP) is 5.39. The number of anilines is 2. The summed E-state index contributed by atoms with van der Waals surface area (Å²) in [6.45, 7) is 2.22. The highest BCUT2D eigenvalue weighted by atomic mass is 32.1. The average Bonchev–Trinajstić information content (AvgIpc) is 3.11. The Morgan fingerprint density at radius 1 is 1.03 bits per heavy atom. The fraction of sp³-hybridized carbons (Fsp3) is 0.250. The first-order chi connectivity index (χ1) is 14.5. The van der Waals surface area contributed by atoms with Crippen LogP contribution in [0.25, 0.3) is 0 Å². The Kier molecular flexibility index (Phi) is 5.86. The Hall–Kier alpha value is -3.12. The molecule has 30 heavy (non-hydrogen) atoms. The summed E-state index contributed by atoms with van der Waals surface area (Å²) in [6.07, 6.45) is 2.81. The summed E-state index contributed by atoms with van der Waals surface area (Å²) in [5.41, 5.74) is 2.86. The van der Waals surface area contributed by atoms with Gasteiger partial charge < -0.3 is 15.4 Å². The smallest absolute Gasteiger partial charge is 0.258 e. The zero-order valence-electron chi connectivity index (χ0n) is 17.0. The SMILES string of the molecule is COc1cccc(NC(=O)c2c(NC(=O)c3ccccc3)sc3c2CC[C@H](C)C3)c1. The maximum absolute atomic E-state index is 13.3. The lowest BCUT2D eigenvalue weighted by atomic mass is 9.88. The van der Waals surface area contributed by atoms with E-state index >= 15 is 0 Å². The number of benzene rings is 2. The number of thiophene rings is 1. The number of hydrogen-bond donors (Lipinski definition) is 2. The molecule has 1 aliphatic carbocycles. The number of fused-ring (bicyclic) bond motifs is 1. The van der Waals surface area contributed by atoms with Gasteiger partial charge in [0.15, 0.2) is 0 Å². The van der Waals surface area contributed by atoms with Gasteiger partial charge in [-0.2, -0.15) is 0 Å². The first-order valence-electron chi connectivity index (χ1n) is 10.0. The van der Waals surface area contributed by atoms with Crippen molar-refractivity contribution in [2.24, 2.45) is 5.92 Å². The van der Waals surface area contributed by atoms with Gasteiger partial charge in [0.2, 0.25) is 0 Å². The van der Waals surface area contributed by atoms with Gasteiger partial charge in [-0.15, -0.1) is 11.3 Å². The minimum atomic E-state index is -0.210. The van der Waals surface area contributed by atoms with E-state index in [0.717, 1.165) is 24.8 Å². The molecule has 2 aromatic carbocycles. The van der Waals surface area contributed by atoms with E-state index in [2.05, 4.69) is 17.6 Å². The van der Waals surface area contributed by atoms with Gasteiger partial charge in [0.05, 0.1) is 12.7 Å². The zero-order chi connectivity index (χ0) is 21.1. The van der Waals surface area contributed by atoms with Gasteiger partial charge >= 0.3 is 0 Å². The molecule has 0 aliphatic heterocycles. The van der Waals surface area contributed by atoms with Crippen molar-refractivity contribution < 1.29 is 14.3 Å². The molecule has 0 fully saturated rings. The van der Waals surface area contributed by atoms with Crippen molar-refractivity contribution >= 4 is 33.8 Å². The van der Waals surface area contributed by atoms with Crippen molar-refractivity contribution in [2.45, 2.75) is 26.2 Å². The second-order valence-corrected chi connectivity index (χ2v) is 8.67. The summed E-state index contributed by atoms with van der Waals surface area (Å²) in [6, 6.07) is 16.3. The fourth-order valence-electron chi connectivity index (χ4n) is 3.74. The van der Waals surface area contributed by atoms with Crippen LogP contribution in [0.2, 0.25) is 0 Å². The van der Waals surface area contributed by atoms with E-state index in [9.17, 15) is 9.59 Å². The maximum atomic E-state index is 13.3. The van der Waals surface area contributed by atoms with Gasteiger partial charge in [0.1, 0.15) is 10.8 Å². The molecule has 4 rings (SSSR count). The number of rotatable bonds is 5. The van der Waals surface area contributed by atoms with E-state index in [4.69, 9.17) is 4.74 Å². The van der Waals surface area contributed by atoms with Crippen LogP contribution < -0.4 is 15.4 Å². The molecule has 0 bridgehead atoms. The molecule has 1 aromatic heterocycles. The van der Waals surface area contributed by atoms with Gasteiger partial charge in [-0.05, 0) is 55.0 Å². The van der Waals surface area contributed by atoms with Crippen molar-refractivity contribution in [3.05, 3.63) is 76.2 Å². The van der Waals surface area contributed by atoms with Crippen LogP contribution in [0.15, 0.2) is 54.6 Å². The van der Waals surface area contributed by atoms with Crippen molar-refractivity contribution in [1.82, 2.24) is 0 Å². The van der Waals surface area contributed by atoms with Crippen molar-refractivity contribution in [3.8, 4) is 5.75 Å². The lowest BCUT2D eigenvalue weighted by Gasteiger charge is -2.18. The van der Waals surface area contributed by atoms with Gasteiger partial charge in [0, 0.05) is 22.2 Å². The van der Waals surface area contributed by atoms with Crippen LogP contribution in [0, 0.1) is 5.92 Å². The summed E-state index contributed by atoms with van der Waals surface area (Å²) in [7, 11) is 1.59. The summed E-state index contributed by atoms with van der Waals surface area (Å²) < 4.78 is 5.25. The normalized spacial score (nSPS) is 15.2. The third-order valence-electron chi connectivity index (χ3n) is 5.33. The predicted molar refractivity (Wildman–Crippen MR) is 121 cm³/mol. The van der Waals surface area contributed by atoms with Crippen molar-refractivity contribution in [3.63, 3.8) is 0 Å². The molecule has 3 aromatic rings. The number of methoxy groups -OCH3 is 1. The molecule has 1 heterocycles. The van der Waals surface area contributed by atoms with Gasteiger partial charge in [-0.1, -0.05) is 31.2 Å². The van der Waals surface area contributed by atoms with Crippen LogP contribution in [-0.2, 0) is 12.8 Å². The lowest BCUT2D eigenvalue weighted by Crippen LogP contribution is -2.19. The van der Waals surface area contributed by atoms with E-state index in [1.807, 2.05) is 36.4 Å². The first kappa shape index (κ1) is 20.2. The van der Waals surface area contributed by atoms with E-state index in [-0.39, 0.29) is 11.8 Å². The van der Waals surface area contributed by atoms with E-state index < -0.39 is 0 Å². The van der Waals surface area contributed by atoms with Gasteiger partial charge in [-0.25, -0.2) is 0 Å². The molecule has 6 heteroatoms. The average molecular weight is 421 g/mol. The molecule has 2 amide bonds. The fourth-order valence-corrected chi connectivity index (χ4v) is 5.14. The highest BCUT2D eigenvalue weighted by Crippen LogP contribution is 2.40. The minimum Gasteiger partial charge on any atom is -0.497 e. The number of ether oxygens (including phenoxy) is 1. The Balaban J connectivity index is 1.66. The molecule has 0 unspecified atom stereocenters. The van der Waals surface area contributed by atoms with Gasteiger partial charge in [-0.3, -0.25) is 9.59 Å². The number of carbonyl (C=O) groups is 2. The number of nitrogens with one attached hydrogen (secondary N) is 2. The van der Waals surface area contributed by atoms with E-state index in [1.165, 1.54) is 16.2 Å². The Labute approximate surface area is 180 Å². The third-order valence-corrected chi connectivity index (χ3v) is 6.50. The first-order valence-corrected chi connectivity index (χ1v) is 10.8. The molecular weight excluding hydrogens is 396 g/mol. The molecule has 0 saturated carbocycles. The summed E-state index contributed by atoms with van der Waals surface area (Å²) in [4.78, 5) is 27.2. The second-order valence-electron chi connectivity index (χ2n) is 7.56. The number of hydrogen-bond acceptors (Lipinski definition) is 4. The molecule has 5 nitrogen and oxygen atoms in total. The third kappa shape index (κ3) is 4.24. The highest BCUT2D eigenvalue weighted by Gasteiger charge is 2.28. The topological polar surface area (TPSA) is 67.4 Å². The van der Waals surface area contributed by atoms with Crippen molar-refractivity contribution in [2.75, 3.05) is 17.7 Å². The molecule has 0 saturated heterocycles. The van der Waals surface area contributed by atoms with Gasteiger partial charge in [0.25, 0.3) is 11.8 Å². The van der Waals surface area contributed by atoms with Crippen LogP contribution in [-0.4, -0.2) is 18.9 Å². The minimum absolute atomic E-state index is 0.210. The van der Waals surface area contributed by atoms with E-state index in [1.54, 1.807) is 25.3 Å². The zero-order valence-corrected chi connectivity index (χ0v) is 17.8. The van der Waals surface area contributed by atoms with Crippen LogP contribution >= 0.6 is 11.3 Å². The maximum Gasteiger partial charge on any atom is 0.258 e. The Morgan fingerprint density at radius 2 is 1.83 bits per heavy atom. The summed E-state index contributed by atoms with van der Waals surface area (Å²) in [5.74, 6) is 0.825. The molecular formula is C24H24N2O3S. The van der Waals surface area contributed by atoms with Crippen LogP contribution in [0.3, 0.4) is 0 Å².